The second kappa shape index (κ2) is 6.00. The fourth-order valence-corrected chi connectivity index (χ4v) is 2.47. The minimum Gasteiger partial charge on any atom is -0.507 e. The molecule has 0 radical (unpaired) electrons. The Hall–Kier alpha value is -3.02. The lowest BCUT2D eigenvalue weighted by Crippen LogP contribution is -2.20. The molecule has 0 spiro atoms. The number of ether oxygens (including phenoxy) is 1. The van der Waals surface area contributed by atoms with Gasteiger partial charge in [-0.05, 0) is 43.3 Å². The van der Waals surface area contributed by atoms with E-state index in [1.165, 1.54) is 6.26 Å². The third-order valence-electron chi connectivity index (χ3n) is 3.54. The third kappa shape index (κ3) is 2.70. The average molecular weight is 313 g/mol. The molecular formula is C17H15NO5. The van der Waals surface area contributed by atoms with Gasteiger partial charge in [-0.2, -0.15) is 0 Å². The maximum atomic E-state index is 12.1. The minimum atomic E-state index is -0.795. The molecule has 1 unspecified atom stereocenters. The molecule has 1 aromatic carbocycles. The molecule has 1 amide bonds. The van der Waals surface area contributed by atoms with Gasteiger partial charge in [-0.15, -0.1) is 0 Å². The number of hydrogen-bond acceptors (Lipinski definition) is 5. The number of carbonyl (C=O) groups excluding carboxylic acids is 2. The SMILES string of the molecule is CCOc1ccc(/C(O)=C2\C(=O)C(=O)NC2c2ccco2)cc1. The fourth-order valence-electron chi connectivity index (χ4n) is 2.47. The largest absolute Gasteiger partial charge is 0.507 e. The van der Waals surface area contributed by atoms with E-state index < -0.39 is 17.7 Å². The molecule has 1 aliphatic rings. The van der Waals surface area contributed by atoms with Crippen molar-refractivity contribution in [2.45, 2.75) is 13.0 Å². The molecule has 1 aliphatic heterocycles. The Morgan fingerprint density at radius 2 is 2.00 bits per heavy atom. The van der Waals surface area contributed by atoms with Gasteiger partial charge >= 0.3 is 0 Å². The lowest BCUT2D eigenvalue weighted by Gasteiger charge is -2.11. The van der Waals surface area contributed by atoms with Crippen molar-refractivity contribution in [1.29, 1.82) is 0 Å². The molecule has 0 aliphatic carbocycles. The van der Waals surface area contributed by atoms with Crippen molar-refractivity contribution in [3.8, 4) is 5.75 Å². The highest BCUT2D eigenvalue weighted by molar-refractivity contribution is 6.46. The molecule has 0 saturated carbocycles. The van der Waals surface area contributed by atoms with E-state index in [-0.39, 0.29) is 11.3 Å². The Morgan fingerprint density at radius 3 is 2.61 bits per heavy atom. The zero-order valence-corrected chi connectivity index (χ0v) is 12.4. The number of aliphatic hydroxyl groups is 1. The standard InChI is InChI=1S/C17H15NO5/c1-2-22-11-7-5-10(6-8-11)15(19)13-14(12-4-3-9-23-12)18-17(21)16(13)20/h3-9,14,19H,2H2,1H3,(H,18,21)/b15-13+. The maximum absolute atomic E-state index is 12.1. The highest BCUT2D eigenvalue weighted by atomic mass is 16.5. The topological polar surface area (TPSA) is 88.8 Å². The van der Waals surface area contributed by atoms with E-state index in [2.05, 4.69) is 5.32 Å². The summed E-state index contributed by atoms with van der Waals surface area (Å²) in [5.74, 6) is -0.741. The van der Waals surface area contributed by atoms with E-state index >= 15 is 0 Å². The number of rotatable bonds is 4. The van der Waals surface area contributed by atoms with Gasteiger partial charge in [0.15, 0.2) is 0 Å². The van der Waals surface area contributed by atoms with E-state index in [9.17, 15) is 14.7 Å². The number of hydrogen-bond donors (Lipinski definition) is 2. The zero-order valence-electron chi connectivity index (χ0n) is 12.4. The van der Waals surface area contributed by atoms with Crippen LogP contribution in [0.4, 0.5) is 0 Å². The van der Waals surface area contributed by atoms with E-state index in [1.54, 1.807) is 36.4 Å². The molecule has 1 fully saturated rings. The summed E-state index contributed by atoms with van der Waals surface area (Å²) in [7, 11) is 0. The van der Waals surface area contributed by atoms with Crippen LogP contribution in [0.2, 0.25) is 0 Å². The summed E-state index contributed by atoms with van der Waals surface area (Å²) in [4.78, 5) is 23.8. The lowest BCUT2D eigenvalue weighted by molar-refractivity contribution is -0.133. The maximum Gasteiger partial charge on any atom is 0.293 e. The molecule has 2 aromatic rings. The Bertz CT molecular complexity index is 759. The molecule has 1 aromatic heterocycles. The molecular weight excluding hydrogens is 298 g/mol. The highest BCUT2D eigenvalue weighted by Gasteiger charge is 2.40. The summed E-state index contributed by atoms with van der Waals surface area (Å²) < 4.78 is 10.6. The number of benzene rings is 1. The number of Topliss-reactive ketones (excluding diaryl/α,β-unsaturated/α-hetero) is 1. The second-order valence-electron chi connectivity index (χ2n) is 4.97. The Morgan fingerprint density at radius 1 is 1.26 bits per heavy atom. The molecule has 1 saturated heterocycles. The zero-order chi connectivity index (χ0) is 16.4. The predicted octanol–water partition coefficient (Wildman–Crippen LogP) is 2.39. The van der Waals surface area contributed by atoms with Crippen molar-refractivity contribution in [3.05, 3.63) is 59.6 Å². The number of furan rings is 1. The van der Waals surface area contributed by atoms with Crippen molar-refractivity contribution < 1.29 is 23.8 Å². The number of carbonyl (C=O) groups is 2. The molecule has 2 N–H and O–H groups in total. The normalized spacial score (nSPS) is 19.6. The summed E-state index contributed by atoms with van der Waals surface area (Å²) in [6.07, 6.45) is 1.44. The minimum absolute atomic E-state index is 0.0193. The van der Waals surface area contributed by atoms with Gasteiger partial charge in [0.2, 0.25) is 0 Å². The van der Waals surface area contributed by atoms with E-state index in [0.717, 1.165) is 0 Å². The molecule has 0 bridgehead atoms. The summed E-state index contributed by atoms with van der Waals surface area (Å²) in [5.41, 5.74) is 0.402. The molecule has 3 rings (SSSR count). The first-order valence-corrected chi connectivity index (χ1v) is 7.16. The smallest absolute Gasteiger partial charge is 0.293 e. The first-order chi connectivity index (χ1) is 11.1. The van der Waals surface area contributed by atoms with E-state index in [1.807, 2.05) is 6.92 Å². The molecule has 2 heterocycles. The van der Waals surface area contributed by atoms with Crippen molar-refractivity contribution in [2.24, 2.45) is 0 Å². The van der Waals surface area contributed by atoms with Crippen LogP contribution in [0.5, 0.6) is 5.75 Å². The molecule has 23 heavy (non-hydrogen) atoms. The summed E-state index contributed by atoms with van der Waals surface area (Å²) >= 11 is 0. The quantitative estimate of drug-likeness (QED) is 0.514. The van der Waals surface area contributed by atoms with Gasteiger partial charge in [0, 0.05) is 5.56 Å². The van der Waals surface area contributed by atoms with Gasteiger partial charge in [-0.25, -0.2) is 0 Å². The van der Waals surface area contributed by atoms with Crippen molar-refractivity contribution in [1.82, 2.24) is 5.32 Å². The first-order valence-electron chi connectivity index (χ1n) is 7.16. The number of nitrogens with one attached hydrogen (secondary N) is 1. The lowest BCUT2D eigenvalue weighted by atomic mass is 10.00. The highest BCUT2D eigenvalue weighted by Crippen LogP contribution is 2.33. The van der Waals surface area contributed by atoms with Crippen molar-refractivity contribution in [2.75, 3.05) is 6.61 Å². The van der Waals surface area contributed by atoms with Crippen LogP contribution in [-0.2, 0) is 9.59 Å². The number of amides is 1. The average Bonchev–Trinajstić information content (AvgIpc) is 3.17. The summed E-state index contributed by atoms with van der Waals surface area (Å²) in [6.45, 7) is 2.40. The van der Waals surface area contributed by atoms with Gasteiger partial charge in [-0.1, -0.05) is 0 Å². The van der Waals surface area contributed by atoms with Crippen LogP contribution in [-0.4, -0.2) is 23.4 Å². The Kier molecular flexibility index (Phi) is 3.89. The first kappa shape index (κ1) is 14.9. The Balaban J connectivity index is 2.02. The van der Waals surface area contributed by atoms with Gasteiger partial charge in [0.1, 0.15) is 23.3 Å². The monoisotopic (exact) mass is 313 g/mol. The van der Waals surface area contributed by atoms with Crippen LogP contribution >= 0.6 is 0 Å². The molecule has 6 heteroatoms. The molecule has 6 nitrogen and oxygen atoms in total. The fraction of sp³-hybridized carbons (Fsp3) is 0.176. The van der Waals surface area contributed by atoms with Gasteiger partial charge in [0.25, 0.3) is 11.7 Å². The third-order valence-corrected chi connectivity index (χ3v) is 3.54. The van der Waals surface area contributed by atoms with Gasteiger partial charge in [-0.3, -0.25) is 9.59 Å². The van der Waals surface area contributed by atoms with Crippen LogP contribution in [0.3, 0.4) is 0 Å². The van der Waals surface area contributed by atoms with Crippen LogP contribution < -0.4 is 10.1 Å². The Labute approximate surface area is 132 Å². The predicted molar refractivity (Wildman–Crippen MR) is 81.8 cm³/mol. The van der Waals surface area contributed by atoms with Crippen LogP contribution in [0.15, 0.2) is 52.7 Å². The summed E-state index contributed by atoms with van der Waals surface area (Å²) in [5, 5.41) is 13.0. The van der Waals surface area contributed by atoms with Crippen molar-refractivity contribution in [3.63, 3.8) is 0 Å². The van der Waals surface area contributed by atoms with Gasteiger partial charge in [0.05, 0.1) is 18.4 Å². The van der Waals surface area contributed by atoms with Crippen LogP contribution in [0.1, 0.15) is 24.3 Å². The van der Waals surface area contributed by atoms with Gasteiger partial charge < -0.3 is 19.6 Å². The van der Waals surface area contributed by atoms with Crippen LogP contribution in [0, 0.1) is 0 Å². The van der Waals surface area contributed by atoms with E-state index in [0.29, 0.717) is 23.7 Å². The van der Waals surface area contributed by atoms with Crippen molar-refractivity contribution >= 4 is 17.4 Å². The summed E-state index contributed by atoms with van der Waals surface area (Å²) in [6, 6.07) is 9.12. The van der Waals surface area contributed by atoms with Crippen LogP contribution in [0.25, 0.3) is 5.76 Å². The van der Waals surface area contributed by atoms with E-state index in [4.69, 9.17) is 9.15 Å². The molecule has 118 valence electrons. The number of aliphatic hydroxyl groups excluding tert-OH is 1. The second-order valence-corrected chi connectivity index (χ2v) is 4.97. The number of ketones is 1. The molecule has 1 atom stereocenters.